The average Bonchev–Trinajstić information content (AvgIpc) is 2.47. The molecule has 0 aromatic heterocycles. The van der Waals surface area contributed by atoms with Crippen LogP contribution in [0.5, 0.6) is 0 Å². The fourth-order valence-electron chi connectivity index (χ4n) is 1.95. The molecule has 0 heterocycles. The van der Waals surface area contributed by atoms with Gasteiger partial charge in [0.15, 0.2) is 0 Å². The van der Waals surface area contributed by atoms with Crippen LogP contribution in [0.15, 0.2) is 62.4 Å². The van der Waals surface area contributed by atoms with Gasteiger partial charge in [0.25, 0.3) is 10.0 Å². The molecule has 1 N–H and O–H groups in total. The summed E-state index contributed by atoms with van der Waals surface area (Å²) >= 11 is 6.56. The van der Waals surface area contributed by atoms with E-state index in [2.05, 4.69) is 31.9 Å². The van der Waals surface area contributed by atoms with Gasteiger partial charge in [-0.2, -0.15) is 0 Å². The molecule has 0 bridgehead atoms. The number of carboxylic acids is 1. The molecule has 0 aliphatic rings. The first kappa shape index (κ1) is 18.0. The number of aliphatic carboxylic acids is 1. The highest BCUT2D eigenvalue weighted by Crippen LogP contribution is 2.27. The minimum absolute atomic E-state index is 0.103. The fraction of sp³-hybridized carbons (Fsp3) is 0.133. The molecule has 0 unspecified atom stereocenters. The van der Waals surface area contributed by atoms with E-state index in [-0.39, 0.29) is 17.9 Å². The van der Waals surface area contributed by atoms with Crippen LogP contribution >= 0.6 is 31.9 Å². The number of sulfonamides is 1. The third kappa shape index (κ3) is 4.55. The van der Waals surface area contributed by atoms with Crippen LogP contribution in [0.4, 0.5) is 5.69 Å². The molecule has 8 heteroatoms. The second-order valence-corrected chi connectivity index (χ2v) is 8.35. The molecule has 23 heavy (non-hydrogen) atoms. The minimum Gasteiger partial charge on any atom is -0.481 e. The van der Waals surface area contributed by atoms with Crippen molar-refractivity contribution in [2.75, 3.05) is 10.8 Å². The molecule has 0 fully saturated rings. The van der Waals surface area contributed by atoms with Gasteiger partial charge in [-0.15, -0.1) is 0 Å². The van der Waals surface area contributed by atoms with E-state index in [0.29, 0.717) is 10.2 Å². The van der Waals surface area contributed by atoms with Crippen molar-refractivity contribution < 1.29 is 18.3 Å². The Morgan fingerprint density at radius 2 is 1.70 bits per heavy atom. The van der Waals surface area contributed by atoms with Crippen molar-refractivity contribution in [2.45, 2.75) is 11.3 Å². The van der Waals surface area contributed by atoms with Gasteiger partial charge < -0.3 is 5.11 Å². The number of hydrogen-bond donors (Lipinski definition) is 1. The van der Waals surface area contributed by atoms with Crippen molar-refractivity contribution in [3.63, 3.8) is 0 Å². The van der Waals surface area contributed by atoms with Gasteiger partial charge in [0.1, 0.15) is 0 Å². The van der Waals surface area contributed by atoms with Gasteiger partial charge in [-0.1, -0.05) is 37.9 Å². The molecule has 0 atom stereocenters. The summed E-state index contributed by atoms with van der Waals surface area (Å²) in [5.74, 6) is -1.06. The summed E-state index contributed by atoms with van der Waals surface area (Å²) in [5, 5.41) is 8.90. The Bertz CT molecular complexity index is 806. The molecule has 2 rings (SSSR count). The summed E-state index contributed by atoms with van der Waals surface area (Å²) in [6, 6.07) is 12.9. The highest BCUT2D eigenvalue weighted by Gasteiger charge is 2.25. The zero-order valence-corrected chi connectivity index (χ0v) is 15.8. The van der Waals surface area contributed by atoms with Gasteiger partial charge in [0.2, 0.25) is 0 Å². The maximum atomic E-state index is 12.9. The fourth-order valence-corrected chi connectivity index (χ4v) is 4.06. The highest BCUT2D eigenvalue weighted by molar-refractivity contribution is 9.10. The number of rotatable bonds is 6. The molecule has 0 radical (unpaired) electrons. The van der Waals surface area contributed by atoms with E-state index >= 15 is 0 Å². The van der Waals surface area contributed by atoms with Crippen LogP contribution in [-0.4, -0.2) is 26.0 Å². The normalized spacial score (nSPS) is 11.2. The summed E-state index contributed by atoms with van der Waals surface area (Å²) in [6.07, 6.45) is -0.289. The zero-order chi connectivity index (χ0) is 17.0. The Kier molecular flexibility index (Phi) is 5.83. The summed E-state index contributed by atoms with van der Waals surface area (Å²) in [5.41, 5.74) is 0.406. The molecule has 0 saturated carbocycles. The van der Waals surface area contributed by atoms with Crippen LogP contribution < -0.4 is 4.31 Å². The van der Waals surface area contributed by atoms with E-state index in [1.54, 1.807) is 36.4 Å². The second kappa shape index (κ2) is 7.46. The molecule has 122 valence electrons. The Labute approximate surface area is 151 Å². The van der Waals surface area contributed by atoms with Crippen molar-refractivity contribution in [2.24, 2.45) is 0 Å². The number of halogens is 2. The van der Waals surface area contributed by atoms with Gasteiger partial charge in [-0.25, -0.2) is 8.42 Å². The summed E-state index contributed by atoms with van der Waals surface area (Å²) in [7, 11) is -3.85. The molecule has 2 aromatic rings. The quantitative estimate of drug-likeness (QED) is 0.706. The van der Waals surface area contributed by atoms with E-state index in [1.807, 2.05) is 0 Å². The van der Waals surface area contributed by atoms with Gasteiger partial charge in [-0.05, 0) is 42.5 Å². The third-order valence-electron chi connectivity index (χ3n) is 3.03. The molecule has 0 aliphatic heterocycles. The zero-order valence-electron chi connectivity index (χ0n) is 11.8. The maximum absolute atomic E-state index is 12.9. The maximum Gasteiger partial charge on any atom is 0.305 e. The van der Waals surface area contributed by atoms with Crippen molar-refractivity contribution >= 4 is 53.5 Å². The average molecular weight is 463 g/mol. The SMILES string of the molecule is O=C(O)CCN(c1cccc(Br)c1)S(=O)(=O)c1ccc(Br)cc1. The lowest BCUT2D eigenvalue weighted by molar-refractivity contribution is -0.136. The molecule has 0 amide bonds. The Morgan fingerprint density at radius 3 is 2.26 bits per heavy atom. The predicted molar refractivity (Wildman–Crippen MR) is 95.1 cm³/mol. The van der Waals surface area contributed by atoms with Crippen LogP contribution in [0, 0.1) is 0 Å². The van der Waals surface area contributed by atoms with E-state index in [1.165, 1.54) is 12.1 Å². The van der Waals surface area contributed by atoms with Crippen molar-refractivity contribution in [1.82, 2.24) is 0 Å². The van der Waals surface area contributed by atoms with Gasteiger partial charge >= 0.3 is 5.97 Å². The topological polar surface area (TPSA) is 74.7 Å². The van der Waals surface area contributed by atoms with Crippen LogP contribution in [-0.2, 0) is 14.8 Å². The molecule has 2 aromatic carbocycles. The standard InChI is InChI=1S/C15H13Br2NO4S/c16-11-4-6-14(7-5-11)23(21,22)18(9-8-15(19)20)13-3-1-2-12(17)10-13/h1-7,10H,8-9H2,(H,19,20). The number of hydrogen-bond acceptors (Lipinski definition) is 3. The highest BCUT2D eigenvalue weighted by atomic mass is 79.9. The van der Waals surface area contributed by atoms with Crippen LogP contribution in [0.25, 0.3) is 0 Å². The van der Waals surface area contributed by atoms with Gasteiger partial charge in [0, 0.05) is 15.5 Å². The Morgan fingerprint density at radius 1 is 1.04 bits per heavy atom. The first-order valence-corrected chi connectivity index (χ1v) is 9.59. The largest absolute Gasteiger partial charge is 0.481 e. The molecule has 0 spiro atoms. The van der Waals surface area contributed by atoms with Crippen LogP contribution in [0.3, 0.4) is 0 Å². The lowest BCUT2D eigenvalue weighted by Crippen LogP contribution is -2.33. The van der Waals surface area contributed by atoms with E-state index < -0.39 is 16.0 Å². The minimum atomic E-state index is -3.85. The van der Waals surface area contributed by atoms with Gasteiger partial charge in [0.05, 0.1) is 17.0 Å². The monoisotopic (exact) mass is 461 g/mol. The number of anilines is 1. The van der Waals surface area contributed by atoms with Crippen molar-refractivity contribution in [1.29, 1.82) is 0 Å². The van der Waals surface area contributed by atoms with E-state index in [9.17, 15) is 13.2 Å². The predicted octanol–water partition coefficient (Wildman–Crippen LogP) is 3.88. The second-order valence-electron chi connectivity index (χ2n) is 4.65. The Balaban J connectivity index is 2.47. The first-order valence-electron chi connectivity index (χ1n) is 6.56. The Hall–Kier alpha value is -1.38. The lowest BCUT2D eigenvalue weighted by atomic mass is 10.3. The first-order chi connectivity index (χ1) is 10.8. The summed E-state index contributed by atoms with van der Waals surface area (Å²) in [6.45, 7) is -0.149. The number of carbonyl (C=O) groups is 1. The summed E-state index contributed by atoms with van der Waals surface area (Å²) < 4.78 is 28.3. The van der Waals surface area contributed by atoms with Gasteiger partial charge in [-0.3, -0.25) is 9.10 Å². The van der Waals surface area contributed by atoms with Crippen LogP contribution in [0.2, 0.25) is 0 Å². The smallest absolute Gasteiger partial charge is 0.305 e. The lowest BCUT2D eigenvalue weighted by Gasteiger charge is -2.24. The molecular weight excluding hydrogens is 450 g/mol. The third-order valence-corrected chi connectivity index (χ3v) is 5.89. The van der Waals surface area contributed by atoms with Crippen molar-refractivity contribution in [3.05, 3.63) is 57.5 Å². The molecule has 5 nitrogen and oxygen atoms in total. The molecular formula is C15H13Br2NO4S. The summed E-state index contributed by atoms with van der Waals surface area (Å²) in [4.78, 5) is 11.0. The number of benzene rings is 2. The van der Waals surface area contributed by atoms with E-state index in [4.69, 9.17) is 5.11 Å². The van der Waals surface area contributed by atoms with E-state index in [0.717, 1.165) is 8.78 Å². The van der Waals surface area contributed by atoms with Crippen molar-refractivity contribution in [3.8, 4) is 0 Å². The van der Waals surface area contributed by atoms with Crippen LogP contribution in [0.1, 0.15) is 6.42 Å². The number of nitrogens with zero attached hydrogens (tertiary/aromatic N) is 1. The number of carboxylic acid groups (broad SMARTS) is 1. The molecule has 0 aliphatic carbocycles. The molecule has 0 saturated heterocycles.